The maximum absolute atomic E-state index is 13.1. The van der Waals surface area contributed by atoms with Gasteiger partial charge in [-0.25, -0.2) is 0 Å². The second kappa shape index (κ2) is 10.0. The van der Waals surface area contributed by atoms with E-state index in [1.807, 2.05) is 18.2 Å². The van der Waals surface area contributed by atoms with Gasteiger partial charge in [0.15, 0.2) is 0 Å². The molecule has 0 unspecified atom stereocenters. The Morgan fingerprint density at radius 1 is 1.07 bits per heavy atom. The van der Waals surface area contributed by atoms with Crippen LogP contribution in [0.5, 0.6) is 0 Å². The van der Waals surface area contributed by atoms with Gasteiger partial charge in [-0.05, 0) is 118 Å². The van der Waals surface area contributed by atoms with E-state index < -0.39 is 0 Å². The summed E-state index contributed by atoms with van der Waals surface area (Å²) in [6, 6.07) is 7.99. The second-order valence-electron chi connectivity index (χ2n) is 10.2. The third kappa shape index (κ3) is 5.38. The number of aryl methyl sites for hydroxylation is 1. The number of hydrogen-bond acceptors (Lipinski definition) is 3. The monoisotopic (exact) mass is 432 g/mol. The highest BCUT2D eigenvalue weighted by atomic mass is 35.5. The van der Waals surface area contributed by atoms with Crippen LogP contribution in [0.4, 0.5) is 0 Å². The van der Waals surface area contributed by atoms with Gasteiger partial charge in [-0.1, -0.05) is 12.1 Å². The Labute approximate surface area is 186 Å². The van der Waals surface area contributed by atoms with E-state index in [4.69, 9.17) is 16.9 Å². The lowest BCUT2D eigenvalue weighted by molar-refractivity contribution is -0.0579. The molecule has 4 saturated carbocycles. The highest BCUT2D eigenvalue weighted by Crippen LogP contribution is 2.60. The molecule has 4 aliphatic rings. The van der Waals surface area contributed by atoms with Gasteiger partial charge in [-0.3, -0.25) is 9.21 Å². The van der Waals surface area contributed by atoms with Crippen LogP contribution in [0.2, 0.25) is 0 Å². The summed E-state index contributed by atoms with van der Waals surface area (Å²) in [6.07, 6.45) is 11.9. The molecule has 4 aliphatic carbocycles. The smallest absolute Gasteiger partial charge is 0.268 e. The number of rotatable bonds is 11. The molecule has 0 atom stereocenters. The molecule has 166 valence electrons. The molecule has 1 aromatic rings. The van der Waals surface area contributed by atoms with Gasteiger partial charge in [0, 0.05) is 30.5 Å². The summed E-state index contributed by atoms with van der Waals surface area (Å²) < 4.78 is 1.50. The van der Waals surface area contributed by atoms with Crippen molar-refractivity contribution in [2.45, 2.75) is 64.2 Å². The number of hydrogen-bond donors (Lipinski definition) is 2. The molecule has 0 aromatic heterocycles. The zero-order chi connectivity index (χ0) is 21.0. The first-order valence-electron chi connectivity index (χ1n) is 11.9. The first kappa shape index (κ1) is 22.1. The van der Waals surface area contributed by atoms with Crippen molar-refractivity contribution in [2.24, 2.45) is 23.2 Å². The van der Waals surface area contributed by atoms with Crippen LogP contribution in [0.25, 0.3) is 0 Å². The topological polar surface area (TPSA) is 52.6 Å². The number of carbonyl (C=O) groups is 1. The van der Waals surface area contributed by atoms with Crippen LogP contribution in [0.15, 0.2) is 24.3 Å². The molecule has 5 rings (SSSR count). The number of carbonyl (C=O) groups excluding carboxylic acids is 1. The minimum Gasteiger partial charge on any atom is -0.396 e. The van der Waals surface area contributed by atoms with Crippen LogP contribution < -0.4 is 5.32 Å². The first-order valence-corrected chi connectivity index (χ1v) is 12.3. The van der Waals surface area contributed by atoms with E-state index in [-0.39, 0.29) is 17.9 Å². The molecular formula is C25H37ClN2O2. The van der Waals surface area contributed by atoms with Crippen molar-refractivity contribution in [1.29, 1.82) is 0 Å². The zero-order valence-corrected chi connectivity index (χ0v) is 18.9. The Morgan fingerprint density at radius 3 is 2.40 bits per heavy atom. The molecule has 4 nitrogen and oxygen atoms in total. The van der Waals surface area contributed by atoms with Gasteiger partial charge < -0.3 is 10.4 Å². The van der Waals surface area contributed by atoms with Gasteiger partial charge in [0.05, 0.1) is 0 Å². The number of amides is 1. The van der Waals surface area contributed by atoms with E-state index in [2.05, 4.69) is 11.4 Å². The molecule has 1 amide bonds. The Kier molecular flexibility index (Phi) is 7.38. The van der Waals surface area contributed by atoms with E-state index in [0.717, 1.165) is 56.5 Å². The van der Waals surface area contributed by atoms with Crippen molar-refractivity contribution >= 4 is 17.7 Å². The van der Waals surface area contributed by atoms with Crippen molar-refractivity contribution < 1.29 is 9.90 Å². The summed E-state index contributed by atoms with van der Waals surface area (Å²) in [5.41, 5.74) is 2.17. The molecular weight excluding hydrogens is 396 g/mol. The van der Waals surface area contributed by atoms with Crippen LogP contribution in [0.3, 0.4) is 0 Å². The molecule has 0 saturated heterocycles. The van der Waals surface area contributed by atoms with E-state index in [9.17, 15) is 4.79 Å². The number of aliphatic hydroxyl groups excluding tert-OH is 1. The van der Waals surface area contributed by atoms with Gasteiger partial charge in [-0.2, -0.15) is 0 Å². The standard InChI is InChI=1S/C25H37ClN2O2/c26-28(18-25-15-20-11-21(16-25)13-22(12-20)17-25)24(30)23-7-3-5-19(14-23)6-4-9-27-8-1-2-10-29/h3,5,7,14,20-22,27,29H,1-2,4,6,8-13,15-18H2. The van der Waals surface area contributed by atoms with Crippen LogP contribution in [-0.2, 0) is 6.42 Å². The molecule has 4 bridgehead atoms. The third-order valence-corrected chi connectivity index (χ3v) is 7.89. The molecule has 0 heterocycles. The molecule has 2 N–H and O–H groups in total. The zero-order valence-electron chi connectivity index (χ0n) is 18.1. The molecule has 30 heavy (non-hydrogen) atoms. The third-order valence-electron chi connectivity index (χ3n) is 7.61. The van der Waals surface area contributed by atoms with E-state index >= 15 is 0 Å². The summed E-state index contributed by atoms with van der Waals surface area (Å²) in [4.78, 5) is 13.1. The summed E-state index contributed by atoms with van der Waals surface area (Å²) in [7, 11) is 0. The molecule has 0 radical (unpaired) electrons. The van der Waals surface area contributed by atoms with E-state index in [1.54, 1.807) is 0 Å². The predicted molar refractivity (Wildman–Crippen MR) is 121 cm³/mol. The fourth-order valence-corrected chi connectivity index (χ4v) is 7.11. The lowest BCUT2D eigenvalue weighted by Gasteiger charge is -2.57. The molecule has 0 spiro atoms. The van der Waals surface area contributed by atoms with Crippen LogP contribution in [0.1, 0.15) is 73.7 Å². The largest absolute Gasteiger partial charge is 0.396 e. The minimum atomic E-state index is -0.0450. The Morgan fingerprint density at radius 2 is 1.73 bits per heavy atom. The summed E-state index contributed by atoms with van der Waals surface area (Å²) in [5, 5.41) is 12.2. The Bertz CT molecular complexity index is 688. The van der Waals surface area contributed by atoms with Crippen molar-refractivity contribution in [3.63, 3.8) is 0 Å². The quantitative estimate of drug-likeness (QED) is 0.390. The maximum atomic E-state index is 13.1. The van der Waals surface area contributed by atoms with Crippen LogP contribution >= 0.6 is 11.8 Å². The van der Waals surface area contributed by atoms with Gasteiger partial charge in [-0.15, -0.1) is 0 Å². The lowest BCUT2D eigenvalue weighted by Crippen LogP contribution is -2.50. The number of halogens is 1. The summed E-state index contributed by atoms with van der Waals surface area (Å²) in [6.45, 7) is 2.88. The van der Waals surface area contributed by atoms with Gasteiger partial charge in [0.1, 0.15) is 0 Å². The summed E-state index contributed by atoms with van der Waals surface area (Å²) in [5.74, 6) is 2.57. The second-order valence-corrected chi connectivity index (χ2v) is 10.6. The number of aliphatic hydroxyl groups is 1. The highest BCUT2D eigenvalue weighted by molar-refractivity contribution is 6.24. The van der Waals surface area contributed by atoms with Crippen molar-refractivity contribution in [2.75, 3.05) is 26.2 Å². The molecule has 4 fully saturated rings. The van der Waals surface area contributed by atoms with Crippen molar-refractivity contribution in [1.82, 2.24) is 9.74 Å². The first-order chi connectivity index (χ1) is 14.6. The number of benzene rings is 1. The fourth-order valence-electron chi connectivity index (χ4n) is 6.75. The van der Waals surface area contributed by atoms with Gasteiger partial charge in [0.2, 0.25) is 0 Å². The normalized spacial score (nSPS) is 29.3. The lowest BCUT2D eigenvalue weighted by atomic mass is 9.49. The minimum absolute atomic E-state index is 0.0450. The fraction of sp³-hybridized carbons (Fsp3) is 0.720. The van der Waals surface area contributed by atoms with E-state index in [1.165, 1.54) is 48.5 Å². The van der Waals surface area contributed by atoms with Crippen molar-refractivity contribution in [3.05, 3.63) is 35.4 Å². The number of nitrogens with one attached hydrogen (secondary N) is 1. The van der Waals surface area contributed by atoms with Crippen molar-refractivity contribution in [3.8, 4) is 0 Å². The average Bonchev–Trinajstić information content (AvgIpc) is 2.71. The van der Waals surface area contributed by atoms with Gasteiger partial charge in [0.25, 0.3) is 5.91 Å². The summed E-state index contributed by atoms with van der Waals surface area (Å²) >= 11 is 6.60. The Balaban J connectivity index is 1.27. The number of nitrogens with zero attached hydrogens (tertiary/aromatic N) is 1. The molecule has 0 aliphatic heterocycles. The van der Waals surface area contributed by atoms with Crippen LogP contribution in [0, 0.1) is 23.2 Å². The van der Waals surface area contributed by atoms with Crippen LogP contribution in [-0.4, -0.2) is 41.7 Å². The average molecular weight is 433 g/mol. The Hall–Kier alpha value is -1.10. The highest BCUT2D eigenvalue weighted by Gasteiger charge is 2.51. The molecule has 5 heteroatoms. The SMILES string of the molecule is O=C(c1cccc(CCCNCCCCO)c1)N(Cl)CC12CC3CC(CC(C3)C1)C2. The van der Waals surface area contributed by atoms with E-state index in [0.29, 0.717) is 12.1 Å². The van der Waals surface area contributed by atoms with Gasteiger partial charge >= 0.3 is 0 Å². The maximum Gasteiger partial charge on any atom is 0.268 e. The number of unbranched alkanes of at least 4 members (excludes halogenated alkanes) is 1. The predicted octanol–water partition coefficient (Wildman–Crippen LogP) is 4.79. The molecule has 1 aromatic carbocycles.